The Morgan fingerprint density at radius 1 is 1.10 bits per heavy atom. The van der Waals surface area contributed by atoms with Gasteiger partial charge in [0.05, 0.1) is 10.7 Å². The van der Waals surface area contributed by atoms with Gasteiger partial charge in [0.2, 0.25) is 0 Å². The fourth-order valence-corrected chi connectivity index (χ4v) is 4.45. The monoisotopic (exact) mass is 432 g/mol. The van der Waals surface area contributed by atoms with E-state index in [1.807, 2.05) is 54.7 Å². The van der Waals surface area contributed by atoms with Crippen LogP contribution in [-0.4, -0.2) is 18.8 Å². The summed E-state index contributed by atoms with van der Waals surface area (Å²) in [5, 5.41) is 0.593. The molecule has 31 heavy (non-hydrogen) atoms. The number of halogens is 1. The second-order valence-electron chi connectivity index (χ2n) is 9.03. The van der Waals surface area contributed by atoms with E-state index in [0.29, 0.717) is 16.7 Å². The normalized spacial score (nSPS) is 17.6. The van der Waals surface area contributed by atoms with Crippen molar-refractivity contribution in [3.05, 3.63) is 82.4 Å². The third-order valence-corrected chi connectivity index (χ3v) is 6.59. The van der Waals surface area contributed by atoms with Crippen LogP contribution in [0.5, 0.6) is 11.5 Å². The average Bonchev–Trinajstić information content (AvgIpc) is 2.73. The maximum atomic E-state index is 6.17. The van der Waals surface area contributed by atoms with Gasteiger partial charge in [-0.25, -0.2) is 0 Å². The van der Waals surface area contributed by atoms with E-state index in [2.05, 4.69) is 51.8 Å². The Kier molecular flexibility index (Phi) is 5.81. The summed E-state index contributed by atoms with van der Waals surface area (Å²) >= 11 is 6.17. The minimum absolute atomic E-state index is 0.169. The summed E-state index contributed by atoms with van der Waals surface area (Å²) in [5.74, 6) is 1.90. The largest absolute Gasteiger partial charge is 0.456 e. The minimum atomic E-state index is 0.169. The number of ether oxygens (including phenoxy) is 1. The number of rotatable bonds is 4. The van der Waals surface area contributed by atoms with Gasteiger partial charge in [-0.2, -0.15) is 0 Å². The SMILES string of the molecule is Cc1cc2c(cc1C=Nc1ccc(Oc3ccccc3Cl)cc1)C(C)CC(C)(C)N2C. The summed E-state index contributed by atoms with van der Waals surface area (Å²) in [7, 11) is 2.20. The second kappa shape index (κ2) is 8.39. The van der Waals surface area contributed by atoms with Gasteiger partial charge in [-0.1, -0.05) is 30.7 Å². The first-order chi connectivity index (χ1) is 14.7. The van der Waals surface area contributed by atoms with Crippen molar-refractivity contribution in [2.45, 2.75) is 45.6 Å². The van der Waals surface area contributed by atoms with Crippen LogP contribution in [-0.2, 0) is 0 Å². The Bertz CT molecular complexity index is 1120. The van der Waals surface area contributed by atoms with E-state index < -0.39 is 0 Å². The van der Waals surface area contributed by atoms with E-state index in [4.69, 9.17) is 21.3 Å². The number of hydrogen-bond donors (Lipinski definition) is 0. The molecule has 1 unspecified atom stereocenters. The highest BCUT2D eigenvalue weighted by Gasteiger charge is 2.34. The standard InChI is InChI=1S/C27H29ClN2O/c1-18-14-25-23(19(2)16-27(3,4)30(25)5)15-20(18)17-29-21-10-12-22(13-11-21)31-26-9-7-6-8-24(26)28/h6-15,17,19H,16H2,1-5H3. The van der Waals surface area contributed by atoms with Crippen LogP contribution in [0.15, 0.2) is 65.7 Å². The van der Waals surface area contributed by atoms with Crippen LogP contribution in [0.4, 0.5) is 11.4 Å². The van der Waals surface area contributed by atoms with Gasteiger partial charge in [0.25, 0.3) is 0 Å². The molecule has 160 valence electrons. The molecule has 0 radical (unpaired) electrons. The smallest absolute Gasteiger partial charge is 0.146 e. The van der Waals surface area contributed by atoms with E-state index in [-0.39, 0.29) is 5.54 Å². The van der Waals surface area contributed by atoms with Gasteiger partial charge in [0.15, 0.2) is 0 Å². The zero-order valence-corrected chi connectivity index (χ0v) is 19.6. The summed E-state index contributed by atoms with van der Waals surface area (Å²) < 4.78 is 5.86. The maximum absolute atomic E-state index is 6.17. The van der Waals surface area contributed by atoms with Gasteiger partial charge in [0, 0.05) is 24.5 Å². The molecule has 1 heterocycles. The Hall–Kier alpha value is -2.78. The van der Waals surface area contributed by atoms with Crippen molar-refractivity contribution in [2.75, 3.05) is 11.9 Å². The van der Waals surface area contributed by atoms with Crippen LogP contribution in [0.25, 0.3) is 0 Å². The molecule has 1 atom stereocenters. The molecule has 0 fully saturated rings. The summed E-state index contributed by atoms with van der Waals surface area (Å²) in [6, 6.07) is 19.8. The molecule has 0 spiro atoms. The lowest BCUT2D eigenvalue weighted by Crippen LogP contribution is -2.45. The van der Waals surface area contributed by atoms with Gasteiger partial charge in [-0.05, 0) is 98.3 Å². The van der Waals surface area contributed by atoms with Crippen molar-refractivity contribution >= 4 is 29.2 Å². The Balaban J connectivity index is 1.54. The van der Waals surface area contributed by atoms with Crippen LogP contribution in [0, 0.1) is 6.92 Å². The molecular formula is C27H29ClN2O. The predicted molar refractivity (Wildman–Crippen MR) is 132 cm³/mol. The maximum Gasteiger partial charge on any atom is 0.146 e. The topological polar surface area (TPSA) is 24.8 Å². The molecule has 0 saturated heterocycles. The summed E-state index contributed by atoms with van der Waals surface area (Å²) in [6.45, 7) is 9.11. The molecule has 1 aliphatic heterocycles. The number of fused-ring (bicyclic) bond motifs is 1. The molecule has 0 aromatic heterocycles. The highest BCUT2D eigenvalue weighted by Crippen LogP contribution is 2.43. The van der Waals surface area contributed by atoms with E-state index >= 15 is 0 Å². The molecule has 4 rings (SSSR count). The lowest BCUT2D eigenvalue weighted by Gasteiger charge is -2.45. The van der Waals surface area contributed by atoms with Crippen molar-refractivity contribution < 1.29 is 4.74 Å². The second-order valence-corrected chi connectivity index (χ2v) is 9.44. The molecule has 0 amide bonds. The number of benzene rings is 3. The Labute approximate surface area is 190 Å². The molecule has 3 nitrogen and oxygen atoms in total. The molecule has 0 bridgehead atoms. The van der Waals surface area contributed by atoms with E-state index in [1.165, 1.54) is 16.8 Å². The van der Waals surface area contributed by atoms with Crippen LogP contribution in [0.2, 0.25) is 5.02 Å². The van der Waals surface area contributed by atoms with Gasteiger partial charge in [0.1, 0.15) is 11.5 Å². The number of aliphatic imine (C=N–C) groups is 1. The number of para-hydroxylation sites is 1. The number of anilines is 1. The third kappa shape index (κ3) is 4.47. The van der Waals surface area contributed by atoms with Gasteiger partial charge in [-0.15, -0.1) is 0 Å². The van der Waals surface area contributed by atoms with E-state index in [0.717, 1.165) is 23.4 Å². The van der Waals surface area contributed by atoms with Crippen LogP contribution < -0.4 is 9.64 Å². The zero-order chi connectivity index (χ0) is 22.2. The molecular weight excluding hydrogens is 404 g/mol. The summed E-state index contributed by atoms with van der Waals surface area (Å²) in [4.78, 5) is 7.12. The number of hydrogen-bond acceptors (Lipinski definition) is 3. The molecule has 1 aliphatic rings. The van der Waals surface area contributed by atoms with Crippen LogP contribution in [0.1, 0.15) is 49.8 Å². The quantitative estimate of drug-likeness (QED) is 0.391. The van der Waals surface area contributed by atoms with Crippen LogP contribution >= 0.6 is 11.6 Å². The van der Waals surface area contributed by atoms with Crippen molar-refractivity contribution in [2.24, 2.45) is 4.99 Å². The molecule has 0 N–H and O–H groups in total. The predicted octanol–water partition coefficient (Wildman–Crippen LogP) is 7.91. The minimum Gasteiger partial charge on any atom is -0.456 e. The molecule has 3 aromatic rings. The molecule has 4 heteroatoms. The number of aryl methyl sites for hydroxylation is 1. The first kappa shape index (κ1) is 21.5. The first-order valence-corrected chi connectivity index (χ1v) is 11.1. The number of nitrogens with zero attached hydrogens (tertiary/aromatic N) is 2. The van der Waals surface area contributed by atoms with Crippen molar-refractivity contribution in [3.8, 4) is 11.5 Å². The first-order valence-electron chi connectivity index (χ1n) is 10.7. The highest BCUT2D eigenvalue weighted by molar-refractivity contribution is 6.32. The molecule has 0 saturated carbocycles. The van der Waals surface area contributed by atoms with Crippen molar-refractivity contribution in [1.82, 2.24) is 0 Å². The van der Waals surface area contributed by atoms with Crippen LogP contribution in [0.3, 0.4) is 0 Å². The van der Waals surface area contributed by atoms with E-state index in [1.54, 1.807) is 0 Å². The Morgan fingerprint density at radius 3 is 2.52 bits per heavy atom. The van der Waals surface area contributed by atoms with Crippen molar-refractivity contribution in [1.29, 1.82) is 0 Å². The molecule has 0 aliphatic carbocycles. The lowest BCUT2D eigenvalue weighted by molar-refractivity contribution is 0.395. The van der Waals surface area contributed by atoms with Gasteiger partial charge in [-0.3, -0.25) is 4.99 Å². The third-order valence-electron chi connectivity index (χ3n) is 6.28. The highest BCUT2D eigenvalue weighted by atomic mass is 35.5. The van der Waals surface area contributed by atoms with E-state index in [9.17, 15) is 0 Å². The van der Waals surface area contributed by atoms with Gasteiger partial charge >= 0.3 is 0 Å². The lowest BCUT2D eigenvalue weighted by atomic mass is 9.79. The summed E-state index contributed by atoms with van der Waals surface area (Å²) in [5.41, 5.74) is 6.18. The average molecular weight is 433 g/mol. The zero-order valence-electron chi connectivity index (χ0n) is 18.8. The van der Waals surface area contributed by atoms with Gasteiger partial charge < -0.3 is 9.64 Å². The summed E-state index contributed by atoms with van der Waals surface area (Å²) in [6.07, 6.45) is 3.11. The van der Waals surface area contributed by atoms with Crippen molar-refractivity contribution in [3.63, 3.8) is 0 Å². The Morgan fingerprint density at radius 2 is 1.81 bits per heavy atom. The fraction of sp³-hybridized carbons (Fsp3) is 0.296. The fourth-order valence-electron chi connectivity index (χ4n) is 4.27. The molecule has 3 aromatic carbocycles.